The minimum atomic E-state index is 0.543. The zero-order valence-corrected chi connectivity index (χ0v) is 33.7. The van der Waals surface area contributed by atoms with Crippen LogP contribution in [-0.2, 0) is 0 Å². The van der Waals surface area contributed by atoms with Crippen molar-refractivity contribution in [3.63, 3.8) is 0 Å². The van der Waals surface area contributed by atoms with Crippen molar-refractivity contribution in [3.05, 3.63) is 200 Å². The first kappa shape index (κ1) is 34.1. The van der Waals surface area contributed by atoms with E-state index in [9.17, 15) is 0 Å². The average Bonchev–Trinajstić information content (AvgIpc) is 4.10. The zero-order chi connectivity index (χ0) is 41.2. The van der Waals surface area contributed by atoms with Crippen LogP contribution < -0.4 is 0 Å². The molecule has 0 bridgehead atoms. The highest BCUT2D eigenvalue weighted by Crippen LogP contribution is 2.48. The molecule has 14 rings (SSSR count). The molecule has 0 aliphatic heterocycles. The molecule has 0 saturated carbocycles. The van der Waals surface area contributed by atoms with E-state index in [2.05, 4.69) is 161 Å². The van der Waals surface area contributed by atoms with Gasteiger partial charge in [-0.15, -0.1) is 0 Å². The SMILES string of the molecule is c1ccc(-c2cccc(-c3nc(-c4ccccc4)nc(-c4ccc(-n5c6ccccc6c6c7c8ccccc8n8c9ccccc9c(cc65)c78)c5c4oc4ccccc45)n3)c2)cc1. The summed E-state index contributed by atoms with van der Waals surface area (Å²) < 4.78 is 11.9. The fourth-order valence-corrected chi connectivity index (χ4v) is 10.2. The standard InChI is InChI=1S/C57H33N5O/c1-3-16-34(17-4-1)36-20-15-21-37(32-36)56-58-55(35-18-5-2-6-19-35)59-57(60-56)42-30-31-47(51-41-25-10-14-29-49(41)63-54(42)51)61-45-27-12-8-23-39(45)50-48(61)33-43-38-22-7-11-26-44(38)62-46-28-13-9-24-40(46)52(50)53(43)62/h1-33H. The van der Waals surface area contributed by atoms with Crippen LogP contribution in [-0.4, -0.2) is 23.9 Å². The second-order valence-electron chi connectivity index (χ2n) is 16.3. The summed E-state index contributed by atoms with van der Waals surface area (Å²) in [5.74, 6) is 1.73. The predicted octanol–water partition coefficient (Wildman–Crippen LogP) is 14.7. The molecular formula is C57H33N5O. The Morgan fingerprint density at radius 2 is 0.921 bits per heavy atom. The highest BCUT2D eigenvalue weighted by molar-refractivity contribution is 6.36. The van der Waals surface area contributed by atoms with Crippen LogP contribution in [0, 0.1) is 0 Å². The summed E-state index contributed by atoms with van der Waals surface area (Å²) >= 11 is 0. The van der Waals surface area contributed by atoms with Gasteiger partial charge in [-0.05, 0) is 59.7 Å². The van der Waals surface area contributed by atoms with Gasteiger partial charge in [0.15, 0.2) is 17.5 Å². The van der Waals surface area contributed by atoms with Gasteiger partial charge < -0.3 is 13.4 Å². The average molecular weight is 804 g/mol. The summed E-state index contributed by atoms with van der Waals surface area (Å²) in [7, 11) is 0. The largest absolute Gasteiger partial charge is 0.455 e. The highest BCUT2D eigenvalue weighted by Gasteiger charge is 2.27. The van der Waals surface area contributed by atoms with Crippen molar-refractivity contribution in [2.45, 2.75) is 0 Å². The molecule has 0 fully saturated rings. The van der Waals surface area contributed by atoms with Crippen molar-refractivity contribution in [1.82, 2.24) is 23.9 Å². The molecule has 9 aromatic carbocycles. The van der Waals surface area contributed by atoms with Crippen LogP contribution in [0.3, 0.4) is 0 Å². The van der Waals surface area contributed by atoms with Gasteiger partial charge in [-0.3, -0.25) is 0 Å². The van der Waals surface area contributed by atoms with E-state index in [0.29, 0.717) is 17.5 Å². The Morgan fingerprint density at radius 1 is 0.349 bits per heavy atom. The monoisotopic (exact) mass is 803 g/mol. The molecule has 0 atom stereocenters. The first-order valence-corrected chi connectivity index (χ1v) is 21.3. The van der Waals surface area contributed by atoms with E-state index in [1.54, 1.807) is 0 Å². The molecule has 0 spiro atoms. The van der Waals surface area contributed by atoms with Crippen LogP contribution >= 0.6 is 0 Å². The van der Waals surface area contributed by atoms with E-state index in [4.69, 9.17) is 19.4 Å². The number of benzene rings is 9. The number of rotatable bonds is 5. The van der Waals surface area contributed by atoms with Crippen molar-refractivity contribution in [2.24, 2.45) is 0 Å². The number of fused-ring (bicyclic) bond motifs is 13. The van der Waals surface area contributed by atoms with Crippen LogP contribution in [0.2, 0.25) is 0 Å². The number of hydrogen-bond donors (Lipinski definition) is 0. The van der Waals surface area contributed by atoms with Crippen LogP contribution in [0.25, 0.3) is 133 Å². The number of hydrogen-bond acceptors (Lipinski definition) is 4. The van der Waals surface area contributed by atoms with Crippen molar-refractivity contribution in [2.75, 3.05) is 0 Å². The summed E-state index contributed by atoms with van der Waals surface area (Å²) in [5.41, 5.74) is 13.3. The molecule has 0 amide bonds. The third-order valence-corrected chi connectivity index (χ3v) is 12.9. The van der Waals surface area contributed by atoms with Gasteiger partial charge in [-0.2, -0.15) is 0 Å². The van der Waals surface area contributed by atoms with Crippen LogP contribution in [0.4, 0.5) is 0 Å². The summed E-state index contributed by atoms with van der Waals surface area (Å²) in [6, 6.07) is 70.5. The number of nitrogens with zero attached hydrogens (tertiary/aromatic N) is 5. The maximum Gasteiger partial charge on any atom is 0.167 e. The molecule has 63 heavy (non-hydrogen) atoms. The molecule has 6 nitrogen and oxygen atoms in total. The van der Waals surface area contributed by atoms with Gasteiger partial charge in [0.2, 0.25) is 0 Å². The Kier molecular flexibility index (Phi) is 7.02. The molecule has 0 unspecified atom stereocenters. The molecule has 0 saturated heterocycles. The van der Waals surface area contributed by atoms with E-state index in [1.807, 2.05) is 48.5 Å². The molecule has 14 aromatic rings. The fraction of sp³-hybridized carbons (Fsp3) is 0. The lowest BCUT2D eigenvalue weighted by atomic mass is 10.0. The molecule has 5 heterocycles. The third kappa shape index (κ3) is 4.86. The molecule has 5 aromatic heterocycles. The lowest BCUT2D eigenvalue weighted by Crippen LogP contribution is -2.01. The second kappa shape index (κ2) is 12.9. The number of furan rings is 1. The van der Waals surface area contributed by atoms with E-state index in [0.717, 1.165) is 66.5 Å². The van der Waals surface area contributed by atoms with Gasteiger partial charge in [0, 0.05) is 48.8 Å². The second-order valence-corrected chi connectivity index (χ2v) is 16.3. The van der Waals surface area contributed by atoms with Gasteiger partial charge in [-0.1, -0.05) is 152 Å². The lowest BCUT2D eigenvalue weighted by molar-refractivity contribution is 0.669. The minimum absolute atomic E-state index is 0.543. The molecule has 292 valence electrons. The number of aromatic nitrogens is 5. The molecule has 0 radical (unpaired) electrons. The molecule has 0 aliphatic rings. The summed E-state index contributed by atoms with van der Waals surface area (Å²) in [6.45, 7) is 0. The molecule has 0 N–H and O–H groups in total. The summed E-state index contributed by atoms with van der Waals surface area (Å²) in [6.07, 6.45) is 0. The number of para-hydroxylation sites is 4. The van der Waals surface area contributed by atoms with E-state index < -0.39 is 0 Å². The predicted molar refractivity (Wildman–Crippen MR) is 258 cm³/mol. The van der Waals surface area contributed by atoms with Gasteiger partial charge in [0.1, 0.15) is 11.2 Å². The van der Waals surface area contributed by atoms with Crippen molar-refractivity contribution in [1.29, 1.82) is 0 Å². The van der Waals surface area contributed by atoms with Crippen LogP contribution in [0.5, 0.6) is 0 Å². The molecule has 6 heteroatoms. The fourth-order valence-electron chi connectivity index (χ4n) is 10.2. The Labute approximate surface area is 359 Å². The molecule has 0 aliphatic carbocycles. The summed E-state index contributed by atoms with van der Waals surface area (Å²) in [4.78, 5) is 15.6. The van der Waals surface area contributed by atoms with Gasteiger partial charge >= 0.3 is 0 Å². The Hall–Kier alpha value is -8.61. The zero-order valence-electron chi connectivity index (χ0n) is 33.7. The highest BCUT2D eigenvalue weighted by atomic mass is 16.3. The normalized spacial score (nSPS) is 12.1. The Balaban J connectivity index is 1.07. The maximum absolute atomic E-state index is 6.97. The van der Waals surface area contributed by atoms with Crippen LogP contribution in [0.1, 0.15) is 0 Å². The lowest BCUT2D eigenvalue weighted by Gasteiger charge is -2.13. The quantitative estimate of drug-likeness (QED) is 0.174. The van der Waals surface area contributed by atoms with E-state index in [1.165, 1.54) is 48.9 Å². The molecular weight excluding hydrogens is 771 g/mol. The smallest absolute Gasteiger partial charge is 0.167 e. The third-order valence-electron chi connectivity index (χ3n) is 12.9. The first-order valence-electron chi connectivity index (χ1n) is 21.3. The van der Waals surface area contributed by atoms with E-state index >= 15 is 0 Å². The minimum Gasteiger partial charge on any atom is -0.455 e. The van der Waals surface area contributed by atoms with Crippen molar-refractivity contribution < 1.29 is 4.42 Å². The van der Waals surface area contributed by atoms with Crippen molar-refractivity contribution >= 4 is 81.8 Å². The Bertz CT molecular complexity index is 4140. The maximum atomic E-state index is 6.97. The first-order chi connectivity index (χ1) is 31.3. The van der Waals surface area contributed by atoms with Crippen molar-refractivity contribution in [3.8, 4) is 51.0 Å². The topological polar surface area (TPSA) is 61.2 Å². The van der Waals surface area contributed by atoms with Gasteiger partial charge in [0.05, 0.1) is 44.2 Å². The summed E-state index contributed by atoms with van der Waals surface area (Å²) in [5, 5.41) is 9.47. The van der Waals surface area contributed by atoms with Gasteiger partial charge in [0.25, 0.3) is 0 Å². The Morgan fingerprint density at radius 3 is 1.70 bits per heavy atom. The van der Waals surface area contributed by atoms with Gasteiger partial charge in [-0.25, -0.2) is 15.0 Å². The van der Waals surface area contributed by atoms with Crippen LogP contribution in [0.15, 0.2) is 205 Å². The van der Waals surface area contributed by atoms with E-state index in [-0.39, 0.29) is 0 Å².